The average molecular weight is 258 g/mol. The maximum absolute atomic E-state index is 11.9. The van der Waals surface area contributed by atoms with Crippen molar-refractivity contribution in [3.05, 3.63) is 18.3 Å². The van der Waals surface area contributed by atoms with Crippen LogP contribution in [-0.2, 0) is 4.79 Å². The van der Waals surface area contributed by atoms with E-state index in [1.165, 1.54) is 0 Å². The second-order valence-corrected chi connectivity index (χ2v) is 4.37. The largest absolute Gasteiger partial charge is 0.373 e. The van der Waals surface area contributed by atoms with Crippen LogP contribution in [0.2, 0.25) is 0 Å². The van der Waals surface area contributed by atoms with Crippen molar-refractivity contribution < 1.29 is 4.79 Å². The summed E-state index contributed by atoms with van der Waals surface area (Å²) in [7, 11) is 1.81. The van der Waals surface area contributed by atoms with E-state index in [2.05, 4.69) is 15.6 Å². The number of aromatic nitrogens is 1. The lowest BCUT2D eigenvalue weighted by Gasteiger charge is -2.21. The van der Waals surface area contributed by atoms with Crippen molar-refractivity contribution in [2.24, 2.45) is 5.41 Å². The molecule has 0 atom stereocenters. The van der Waals surface area contributed by atoms with Crippen molar-refractivity contribution in [3.63, 3.8) is 0 Å². The molecule has 0 spiro atoms. The Hall–Kier alpha value is -1.29. The van der Waals surface area contributed by atoms with Gasteiger partial charge in [0.1, 0.15) is 5.82 Å². The standard InChI is InChI=1S/C12H19N3O.ClH/c1-5-12(2,3)11(16)15-9-6-7-10(13-4)14-8-9;/h6-8H,5H2,1-4H3,(H,13,14)(H,15,16);1H. The number of anilines is 2. The molecule has 17 heavy (non-hydrogen) atoms. The Morgan fingerprint density at radius 2 is 2.06 bits per heavy atom. The molecule has 1 aromatic heterocycles. The molecule has 0 aromatic carbocycles. The molecular weight excluding hydrogens is 238 g/mol. The Bertz CT molecular complexity index is 363. The first kappa shape index (κ1) is 15.7. The molecule has 5 heteroatoms. The van der Waals surface area contributed by atoms with Gasteiger partial charge >= 0.3 is 0 Å². The number of hydrogen-bond acceptors (Lipinski definition) is 3. The first-order valence-corrected chi connectivity index (χ1v) is 5.45. The molecule has 2 N–H and O–H groups in total. The SMILES string of the molecule is CCC(C)(C)C(=O)Nc1ccc(NC)nc1.Cl. The second kappa shape index (κ2) is 6.45. The lowest BCUT2D eigenvalue weighted by molar-refractivity contribution is -0.124. The molecule has 0 saturated carbocycles. The van der Waals surface area contributed by atoms with E-state index in [9.17, 15) is 4.79 Å². The normalized spacial score (nSPS) is 10.4. The zero-order valence-electron chi connectivity index (χ0n) is 10.7. The number of rotatable bonds is 4. The minimum atomic E-state index is -0.346. The molecule has 1 aromatic rings. The molecule has 4 nitrogen and oxygen atoms in total. The van der Waals surface area contributed by atoms with Gasteiger partial charge in [0, 0.05) is 12.5 Å². The smallest absolute Gasteiger partial charge is 0.230 e. The van der Waals surface area contributed by atoms with Crippen LogP contribution in [0.4, 0.5) is 11.5 Å². The van der Waals surface area contributed by atoms with Crippen molar-refractivity contribution >= 4 is 29.8 Å². The zero-order chi connectivity index (χ0) is 12.2. The Kier molecular flexibility index (Phi) is 5.96. The van der Waals surface area contributed by atoms with E-state index in [1.54, 1.807) is 13.2 Å². The summed E-state index contributed by atoms with van der Waals surface area (Å²) in [5.41, 5.74) is 0.382. The molecule has 0 fully saturated rings. The van der Waals surface area contributed by atoms with Crippen molar-refractivity contribution in [2.75, 3.05) is 17.7 Å². The molecule has 1 rings (SSSR count). The molecule has 0 aliphatic carbocycles. The van der Waals surface area contributed by atoms with Gasteiger partial charge in [0.05, 0.1) is 11.9 Å². The predicted molar refractivity (Wildman–Crippen MR) is 73.7 cm³/mol. The average Bonchev–Trinajstić information content (AvgIpc) is 2.30. The Morgan fingerprint density at radius 1 is 1.41 bits per heavy atom. The van der Waals surface area contributed by atoms with Gasteiger partial charge in [-0.05, 0) is 18.6 Å². The zero-order valence-corrected chi connectivity index (χ0v) is 11.5. The highest BCUT2D eigenvalue weighted by Gasteiger charge is 2.25. The lowest BCUT2D eigenvalue weighted by Crippen LogP contribution is -2.30. The Labute approximate surface area is 109 Å². The second-order valence-electron chi connectivity index (χ2n) is 4.37. The van der Waals surface area contributed by atoms with Crippen LogP contribution in [0, 0.1) is 5.41 Å². The molecule has 0 aliphatic rings. The molecule has 0 unspecified atom stereocenters. The van der Waals surface area contributed by atoms with E-state index in [1.807, 2.05) is 32.9 Å². The highest BCUT2D eigenvalue weighted by Crippen LogP contribution is 2.22. The third-order valence-corrected chi connectivity index (χ3v) is 2.78. The van der Waals surface area contributed by atoms with E-state index in [4.69, 9.17) is 0 Å². The van der Waals surface area contributed by atoms with Gasteiger partial charge in [-0.3, -0.25) is 4.79 Å². The first-order valence-electron chi connectivity index (χ1n) is 5.45. The van der Waals surface area contributed by atoms with Gasteiger partial charge in [0.15, 0.2) is 0 Å². The topological polar surface area (TPSA) is 54.0 Å². The van der Waals surface area contributed by atoms with Gasteiger partial charge in [-0.1, -0.05) is 20.8 Å². The molecule has 0 saturated heterocycles. The summed E-state index contributed by atoms with van der Waals surface area (Å²) in [5, 5.41) is 5.78. The van der Waals surface area contributed by atoms with Gasteiger partial charge in [0.2, 0.25) is 5.91 Å². The molecule has 0 radical (unpaired) electrons. The fraction of sp³-hybridized carbons (Fsp3) is 0.500. The van der Waals surface area contributed by atoms with Crippen LogP contribution >= 0.6 is 12.4 Å². The quantitative estimate of drug-likeness (QED) is 0.872. The van der Waals surface area contributed by atoms with Crippen molar-refractivity contribution in [1.82, 2.24) is 4.98 Å². The summed E-state index contributed by atoms with van der Waals surface area (Å²) < 4.78 is 0. The van der Waals surface area contributed by atoms with Crippen LogP contribution in [-0.4, -0.2) is 17.9 Å². The molecule has 96 valence electrons. The fourth-order valence-corrected chi connectivity index (χ4v) is 1.08. The highest BCUT2D eigenvalue weighted by atomic mass is 35.5. The Balaban J connectivity index is 0.00000256. The summed E-state index contributed by atoms with van der Waals surface area (Å²) in [6.07, 6.45) is 2.45. The molecule has 1 heterocycles. The third kappa shape index (κ3) is 4.23. The summed E-state index contributed by atoms with van der Waals surface area (Å²) in [6, 6.07) is 3.66. The number of nitrogens with one attached hydrogen (secondary N) is 2. The number of hydrogen-bond donors (Lipinski definition) is 2. The minimum absolute atomic E-state index is 0. The van der Waals surface area contributed by atoms with Crippen molar-refractivity contribution in [3.8, 4) is 0 Å². The summed E-state index contributed by atoms with van der Waals surface area (Å²) in [6.45, 7) is 5.86. The molecule has 0 bridgehead atoms. The van der Waals surface area contributed by atoms with Gasteiger partial charge in [0.25, 0.3) is 0 Å². The van der Waals surface area contributed by atoms with E-state index >= 15 is 0 Å². The maximum atomic E-state index is 11.9. The van der Waals surface area contributed by atoms with Crippen molar-refractivity contribution in [2.45, 2.75) is 27.2 Å². The lowest BCUT2D eigenvalue weighted by atomic mass is 9.89. The molecule has 1 amide bonds. The number of halogens is 1. The monoisotopic (exact) mass is 257 g/mol. The van der Waals surface area contributed by atoms with Crippen LogP contribution in [0.3, 0.4) is 0 Å². The van der Waals surface area contributed by atoms with Crippen LogP contribution in [0.25, 0.3) is 0 Å². The number of carbonyl (C=O) groups excluding carboxylic acids is 1. The van der Waals surface area contributed by atoms with Gasteiger partial charge in [-0.15, -0.1) is 12.4 Å². The number of amides is 1. The Morgan fingerprint density at radius 3 is 2.47 bits per heavy atom. The maximum Gasteiger partial charge on any atom is 0.230 e. The van der Waals surface area contributed by atoms with Crippen LogP contribution in [0.1, 0.15) is 27.2 Å². The first-order chi connectivity index (χ1) is 7.49. The fourth-order valence-electron chi connectivity index (χ4n) is 1.08. The highest BCUT2D eigenvalue weighted by molar-refractivity contribution is 5.94. The van der Waals surface area contributed by atoms with Crippen LogP contribution in [0.5, 0.6) is 0 Å². The van der Waals surface area contributed by atoms with Crippen molar-refractivity contribution in [1.29, 1.82) is 0 Å². The number of nitrogens with zero attached hydrogens (tertiary/aromatic N) is 1. The van der Waals surface area contributed by atoms with Gasteiger partial charge < -0.3 is 10.6 Å². The summed E-state index contributed by atoms with van der Waals surface area (Å²) >= 11 is 0. The van der Waals surface area contributed by atoms with Gasteiger partial charge in [-0.25, -0.2) is 4.98 Å². The molecule has 0 aliphatic heterocycles. The van der Waals surface area contributed by atoms with E-state index in [-0.39, 0.29) is 23.7 Å². The minimum Gasteiger partial charge on any atom is -0.373 e. The van der Waals surface area contributed by atoms with E-state index in [0.29, 0.717) is 0 Å². The summed E-state index contributed by atoms with van der Waals surface area (Å²) in [4.78, 5) is 16.0. The van der Waals surface area contributed by atoms with Gasteiger partial charge in [-0.2, -0.15) is 0 Å². The van der Waals surface area contributed by atoms with E-state index < -0.39 is 0 Å². The summed E-state index contributed by atoms with van der Waals surface area (Å²) in [5.74, 6) is 0.807. The number of pyridine rings is 1. The van der Waals surface area contributed by atoms with Crippen LogP contribution < -0.4 is 10.6 Å². The third-order valence-electron chi connectivity index (χ3n) is 2.78. The predicted octanol–water partition coefficient (Wildman–Crippen LogP) is 2.92. The van der Waals surface area contributed by atoms with E-state index in [0.717, 1.165) is 17.9 Å². The molecular formula is C12H20ClN3O. The number of carbonyl (C=O) groups is 1. The van der Waals surface area contributed by atoms with Crippen LogP contribution in [0.15, 0.2) is 18.3 Å².